The van der Waals surface area contributed by atoms with Crippen LogP contribution in [0.4, 0.5) is 5.82 Å². The molecule has 0 unspecified atom stereocenters. The van der Waals surface area contributed by atoms with Crippen LogP contribution in [-0.2, 0) is 16.4 Å². The molecule has 3 aromatic rings. The molecule has 25 heavy (non-hydrogen) atoms. The van der Waals surface area contributed by atoms with Crippen molar-refractivity contribution in [3.05, 3.63) is 64.7 Å². The first-order valence-corrected chi connectivity index (χ1v) is 10.1. The van der Waals surface area contributed by atoms with E-state index in [4.69, 9.17) is 16.6 Å². The van der Waals surface area contributed by atoms with Crippen molar-refractivity contribution in [1.82, 2.24) is 4.98 Å². The zero-order valence-corrected chi connectivity index (χ0v) is 15.3. The Labute approximate surface area is 152 Å². The normalized spacial score (nSPS) is 16.5. The van der Waals surface area contributed by atoms with Gasteiger partial charge in [-0.05, 0) is 36.2 Å². The molecular formula is C19H17ClN2O2S. The van der Waals surface area contributed by atoms with E-state index < -0.39 is 9.84 Å². The van der Waals surface area contributed by atoms with Gasteiger partial charge in [-0.25, -0.2) is 13.4 Å². The van der Waals surface area contributed by atoms with Crippen LogP contribution >= 0.6 is 11.6 Å². The zero-order valence-electron chi connectivity index (χ0n) is 13.7. The summed E-state index contributed by atoms with van der Waals surface area (Å²) in [4.78, 5) is 7.13. The van der Waals surface area contributed by atoms with E-state index in [2.05, 4.69) is 0 Å². The maximum Gasteiger partial charge on any atom is 0.180 e. The highest BCUT2D eigenvalue weighted by Gasteiger charge is 2.26. The number of aryl methyl sites for hydroxylation is 1. The van der Waals surface area contributed by atoms with Gasteiger partial charge in [-0.3, -0.25) is 0 Å². The number of hydrogen-bond acceptors (Lipinski definition) is 4. The SMILES string of the molecule is Cc1ccc2c(Cl)cc(N3CCS(=O)(=O)c4ccccc4C3)nc2c1. The zero-order chi connectivity index (χ0) is 17.6. The summed E-state index contributed by atoms with van der Waals surface area (Å²) in [6.45, 7) is 2.89. The lowest BCUT2D eigenvalue weighted by Crippen LogP contribution is -2.26. The average molecular weight is 373 g/mol. The van der Waals surface area contributed by atoms with Gasteiger partial charge in [0.2, 0.25) is 0 Å². The number of nitrogens with zero attached hydrogens (tertiary/aromatic N) is 2. The molecule has 0 N–H and O–H groups in total. The van der Waals surface area contributed by atoms with Crippen LogP contribution in [0.3, 0.4) is 0 Å². The fourth-order valence-corrected chi connectivity index (χ4v) is 4.96. The molecule has 1 aliphatic rings. The van der Waals surface area contributed by atoms with Crippen molar-refractivity contribution in [2.75, 3.05) is 17.2 Å². The van der Waals surface area contributed by atoms with E-state index in [0.29, 0.717) is 28.8 Å². The predicted molar refractivity (Wildman–Crippen MR) is 101 cm³/mol. The average Bonchev–Trinajstić information content (AvgIpc) is 2.71. The number of benzene rings is 2. The second-order valence-electron chi connectivity index (χ2n) is 6.33. The second-order valence-corrected chi connectivity index (χ2v) is 8.82. The number of pyridine rings is 1. The molecule has 0 saturated heterocycles. The van der Waals surface area contributed by atoms with Crippen LogP contribution in [0.1, 0.15) is 11.1 Å². The lowest BCUT2D eigenvalue weighted by atomic mass is 10.1. The highest BCUT2D eigenvalue weighted by Crippen LogP contribution is 2.30. The van der Waals surface area contributed by atoms with Crippen LogP contribution in [-0.4, -0.2) is 25.7 Å². The first-order chi connectivity index (χ1) is 11.9. The molecule has 1 aromatic heterocycles. The molecule has 4 nitrogen and oxygen atoms in total. The van der Waals surface area contributed by atoms with E-state index in [1.807, 2.05) is 48.2 Å². The number of hydrogen-bond donors (Lipinski definition) is 0. The molecule has 128 valence electrons. The Kier molecular flexibility index (Phi) is 3.93. The van der Waals surface area contributed by atoms with Gasteiger partial charge in [0.05, 0.1) is 21.2 Å². The van der Waals surface area contributed by atoms with Gasteiger partial charge in [0, 0.05) is 18.5 Å². The third kappa shape index (κ3) is 2.98. The maximum absolute atomic E-state index is 12.5. The van der Waals surface area contributed by atoms with E-state index >= 15 is 0 Å². The third-order valence-electron chi connectivity index (χ3n) is 4.52. The van der Waals surface area contributed by atoms with Gasteiger partial charge in [0.1, 0.15) is 5.82 Å². The molecule has 1 aliphatic heterocycles. The van der Waals surface area contributed by atoms with Crippen LogP contribution in [0.15, 0.2) is 53.4 Å². The van der Waals surface area contributed by atoms with Crippen LogP contribution in [0, 0.1) is 6.92 Å². The number of sulfone groups is 1. The first kappa shape index (κ1) is 16.4. The van der Waals surface area contributed by atoms with Gasteiger partial charge < -0.3 is 4.90 Å². The largest absolute Gasteiger partial charge is 0.351 e. The molecule has 0 saturated carbocycles. The molecule has 0 atom stereocenters. The number of aromatic nitrogens is 1. The predicted octanol–water partition coefficient (Wildman–Crippen LogP) is 3.99. The molecule has 0 fully saturated rings. The standard InChI is InChI=1S/C19H17ClN2O2S/c1-13-6-7-15-16(20)11-19(21-17(15)10-13)22-8-9-25(23,24)18-5-3-2-4-14(18)12-22/h2-7,10-11H,8-9,12H2,1H3. The second kappa shape index (κ2) is 6.00. The topological polar surface area (TPSA) is 50.3 Å². The van der Waals surface area contributed by atoms with Gasteiger partial charge >= 0.3 is 0 Å². The van der Waals surface area contributed by atoms with Gasteiger partial charge in [-0.1, -0.05) is 41.9 Å². The number of halogens is 1. The van der Waals surface area contributed by atoms with Crippen molar-refractivity contribution < 1.29 is 8.42 Å². The summed E-state index contributed by atoms with van der Waals surface area (Å²) in [5.41, 5.74) is 2.72. The summed E-state index contributed by atoms with van der Waals surface area (Å²) in [5.74, 6) is 0.768. The molecule has 6 heteroatoms. The van der Waals surface area contributed by atoms with Crippen molar-refractivity contribution in [3.63, 3.8) is 0 Å². The van der Waals surface area contributed by atoms with E-state index in [1.54, 1.807) is 12.1 Å². The summed E-state index contributed by atoms with van der Waals surface area (Å²) >= 11 is 6.45. The molecule has 0 amide bonds. The quantitative estimate of drug-likeness (QED) is 0.648. The Bertz CT molecular complexity index is 1080. The molecular weight excluding hydrogens is 356 g/mol. The Hall–Kier alpha value is -2.11. The molecule has 0 spiro atoms. The smallest absolute Gasteiger partial charge is 0.180 e. The van der Waals surface area contributed by atoms with Gasteiger partial charge in [-0.2, -0.15) is 0 Å². The summed E-state index contributed by atoms with van der Waals surface area (Å²) in [7, 11) is -3.28. The van der Waals surface area contributed by atoms with E-state index in [9.17, 15) is 8.42 Å². The van der Waals surface area contributed by atoms with Crippen molar-refractivity contribution in [2.24, 2.45) is 0 Å². The van der Waals surface area contributed by atoms with Gasteiger partial charge in [-0.15, -0.1) is 0 Å². The van der Waals surface area contributed by atoms with Gasteiger partial charge in [0.15, 0.2) is 9.84 Å². The molecule has 0 bridgehead atoms. The highest BCUT2D eigenvalue weighted by molar-refractivity contribution is 7.91. The summed E-state index contributed by atoms with van der Waals surface area (Å²) < 4.78 is 25.0. The van der Waals surface area contributed by atoms with Crippen LogP contribution in [0.25, 0.3) is 10.9 Å². The summed E-state index contributed by atoms with van der Waals surface area (Å²) in [6, 6.07) is 14.9. The molecule has 0 aliphatic carbocycles. The lowest BCUT2D eigenvalue weighted by molar-refractivity contribution is 0.596. The van der Waals surface area contributed by atoms with Gasteiger partial charge in [0.25, 0.3) is 0 Å². The minimum Gasteiger partial charge on any atom is -0.351 e. The van der Waals surface area contributed by atoms with Crippen LogP contribution in [0.2, 0.25) is 5.02 Å². The molecule has 2 aromatic carbocycles. The summed E-state index contributed by atoms with van der Waals surface area (Å²) in [5, 5.41) is 1.53. The minimum atomic E-state index is -3.28. The monoisotopic (exact) mass is 372 g/mol. The number of anilines is 1. The van der Waals surface area contributed by atoms with E-state index in [1.165, 1.54) is 0 Å². The fraction of sp³-hybridized carbons (Fsp3) is 0.211. The Morgan fingerprint density at radius 1 is 1.12 bits per heavy atom. The minimum absolute atomic E-state index is 0.0646. The maximum atomic E-state index is 12.5. The molecule has 0 radical (unpaired) electrons. The van der Waals surface area contributed by atoms with Crippen molar-refractivity contribution in [1.29, 1.82) is 0 Å². The Balaban J connectivity index is 1.82. The number of fused-ring (bicyclic) bond motifs is 2. The lowest BCUT2D eigenvalue weighted by Gasteiger charge is -2.22. The summed E-state index contributed by atoms with van der Waals surface area (Å²) in [6.07, 6.45) is 0. The number of rotatable bonds is 1. The van der Waals surface area contributed by atoms with Crippen LogP contribution in [0.5, 0.6) is 0 Å². The van der Waals surface area contributed by atoms with Crippen molar-refractivity contribution in [3.8, 4) is 0 Å². The fourth-order valence-electron chi connectivity index (χ4n) is 3.20. The van der Waals surface area contributed by atoms with Crippen LogP contribution < -0.4 is 4.90 Å². The van der Waals surface area contributed by atoms with Crippen molar-refractivity contribution in [2.45, 2.75) is 18.4 Å². The Morgan fingerprint density at radius 2 is 1.92 bits per heavy atom. The van der Waals surface area contributed by atoms with Crippen molar-refractivity contribution >= 4 is 38.2 Å². The first-order valence-electron chi connectivity index (χ1n) is 8.06. The van der Waals surface area contributed by atoms with E-state index in [-0.39, 0.29) is 5.75 Å². The third-order valence-corrected chi connectivity index (χ3v) is 6.63. The molecule has 2 heterocycles. The Morgan fingerprint density at radius 3 is 2.76 bits per heavy atom. The highest BCUT2D eigenvalue weighted by atomic mass is 35.5. The molecule has 4 rings (SSSR count). The van der Waals surface area contributed by atoms with E-state index in [0.717, 1.165) is 22.0 Å².